The van der Waals surface area contributed by atoms with Crippen LogP contribution < -0.4 is 5.32 Å². The number of esters is 2. The van der Waals surface area contributed by atoms with Crippen molar-refractivity contribution in [2.75, 3.05) is 32.8 Å². The van der Waals surface area contributed by atoms with Crippen LogP contribution in [0.2, 0.25) is 0 Å². The van der Waals surface area contributed by atoms with E-state index in [2.05, 4.69) is 19.2 Å². The van der Waals surface area contributed by atoms with Gasteiger partial charge in [0, 0.05) is 56.9 Å². The molecule has 4 saturated carbocycles. The Morgan fingerprint density at radius 1 is 1.08 bits per heavy atom. The molecular weight excluding hydrogens is 500 g/mol. The maximum atomic E-state index is 12.8. The Labute approximate surface area is 231 Å². The van der Waals surface area contributed by atoms with Crippen LogP contribution in [-0.2, 0) is 23.8 Å². The van der Waals surface area contributed by atoms with Crippen molar-refractivity contribution in [1.29, 1.82) is 0 Å². The first kappa shape index (κ1) is 27.1. The highest BCUT2D eigenvalue weighted by molar-refractivity contribution is 5.85. The number of amides is 1. The summed E-state index contributed by atoms with van der Waals surface area (Å²) in [6.07, 6.45) is 7.67. The Morgan fingerprint density at radius 2 is 1.85 bits per heavy atom. The summed E-state index contributed by atoms with van der Waals surface area (Å²) in [5, 5.41) is 15.9. The van der Waals surface area contributed by atoms with Crippen LogP contribution in [0.4, 0.5) is 4.79 Å². The number of carbonyl (C=O) groups is 3. The minimum Gasteiger partial charge on any atom is -0.462 e. The third-order valence-electron chi connectivity index (χ3n) is 11.8. The number of fused-ring (bicyclic) bond motifs is 5. The third kappa shape index (κ3) is 4.30. The van der Waals surface area contributed by atoms with Crippen LogP contribution in [0, 0.1) is 34.5 Å². The van der Waals surface area contributed by atoms with Crippen LogP contribution in [0.25, 0.3) is 0 Å². The lowest BCUT2D eigenvalue weighted by molar-refractivity contribution is -0.208. The highest BCUT2D eigenvalue weighted by atomic mass is 16.6. The number of nitrogens with one attached hydrogen (secondary N) is 1. The van der Waals surface area contributed by atoms with Crippen LogP contribution in [-0.4, -0.2) is 78.6 Å². The van der Waals surface area contributed by atoms with Gasteiger partial charge in [-0.15, -0.1) is 0 Å². The predicted molar refractivity (Wildman–Crippen MR) is 141 cm³/mol. The highest BCUT2D eigenvalue weighted by Gasteiger charge is 2.71. The first-order valence-corrected chi connectivity index (χ1v) is 15.0. The molecule has 0 aromatic rings. The molecule has 216 valence electrons. The molecule has 9 atom stereocenters. The zero-order chi connectivity index (χ0) is 27.6. The first-order valence-electron chi connectivity index (χ1n) is 15.0. The summed E-state index contributed by atoms with van der Waals surface area (Å²) in [5.74, 6) is -0.0504. The maximum absolute atomic E-state index is 12.8. The van der Waals surface area contributed by atoms with Crippen molar-refractivity contribution in [3.05, 3.63) is 11.6 Å². The molecule has 0 radical (unpaired) electrons. The summed E-state index contributed by atoms with van der Waals surface area (Å²) >= 11 is 0. The molecule has 2 aliphatic heterocycles. The van der Waals surface area contributed by atoms with Crippen LogP contribution in [0.5, 0.6) is 0 Å². The summed E-state index contributed by atoms with van der Waals surface area (Å²) in [5.41, 5.74) is -0.589. The molecule has 0 aromatic carbocycles. The SMILES string of the molecule is CC(=O)O[C@H]1C[C@]2(O)[C@@H]3CC[C@@H]4C[C@@H](OC(=O)N5CCNCC5)CC[C@]4(C)[C@H]3CC[C@]2(C)[C@H]1C1=CC(=O)OC1. The van der Waals surface area contributed by atoms with Gasteiger partial charge in [-0.3, -0.25) is 4.79 Å². The molecule has 2 N–H and O–H groups in total. The molecule has 0 bridgehead atoms. The van der Waals surface area contributed by atoms with Gasteiger partial charge in [0.05, 0.1) is 5.60 Å². The van der Waals surface area contributed by atoms with Gasteiger partial charge < -0.3 is 29.5 Å². The van der Waals surface area contributed by atoms with E-state index in [1.807, 2.05) is 4.90 Å². The number of piperazine rings is 1. The van der Waals surface area contributed by atoms with Crippen molar-refractivity contribution in [2.24, 2.45) is 34.5 Å². The van der Waals surface area contributed by atoms with E-state index in [1.54, 1.807) is 6.08 Å². The molecule has 6 rings (SSSR count). The average Bonchev–Trinajstić information content (AvgIpc) is 3.41. The van der Waals surface area contributed by atoms with Crippen LogP contribution in [0.1, 0.15) is 72.1 Å². The first-order chi connectivity index (χ1) is 18.5. The normalized spacial score (nSPS) is 45.4. The number of carbonyl (C=O) groups excluding carboxylic acids is 3. The number of nitrogens with zero attached hydrogens (tertiary/aromatic N) is 1. The summed E-state index contributed by atoms with van der Waals surface area (Å²) in [6, 6.07) is 0. The van der Waals surface area contributed by atoms with Crippen molar-refractivity contribution < 1.29 is 33.7 Å². The van der Waals surface area contributed by atoms with E-state index in [9.17, 15) is 19.5 Å². The Morgan fingerprint density at radius 3 is 2.54 bits per heavy atom. The van der Waals surface area contributed by atoms with E-state index in [1.165, 1.54) is 6.92 Å². The molecule has 6 aliphatic rings. The zero-order valence-electron chi connectivity index (χ0n) is 23.6. The van der Waals surface area contributed by atoms with E-state index < -0.39 is 17.1 Å². The number of ether oxygens (including phenoxy) is 3. The molecule has 0 aromatic heterocycles. The summed E-state index contributed by atoms with van der Waals surface area (Å²) in [4.78, 5) is 38.7. The quantitative estimate of drug-likeness (QED) is 0.411. The van der Waals surface area contributed by atoms with Crippen LogP contribution in [0.15, 0.2) is 11.6 Å². The largest absolute Gasteiger partial charge is 0.462 e. The van der Waals surface area contributed by atoms with E-state index in [-0.39, 0.29) is 48.0 Å². The lowest BCUT2D eigenvalue weighted by atomic mass is 9.43. The molecular formula is C30H44N2O7. The van der Waals surface area contributed by atoms with Gasteiger partial charge in [-0.05, 0) is 73.7 Å². The lowest BCUT2D eigenvalue weighted by Crippen LogP contribution is -2.62. The number of rotatable bonds is 3. The van der Waals surface area contributed by atoms with Gasteiger partial charge in [-0.25, -0.2) is 9.59 Å². The standard InChI is InChI=1S/C30H44N2O7/c1-18(33)38-24-16-30(36)23-5-4-20-15-21(39-27(35)32-12-10-31-11-13-32)6-8-28(20,2)22(23)7-9-29(30,3)26(24)19-14-25(34)37-17-19/h14,20-24,26,31,36H,4-13,15-17H2,1-3H3/t20-,21+,22+,23-,24+,26+,28+,29-,30+/m1/s1. The van der Waals surface area contributed by atoms with Crippen LogP contribution >= 0.6 is 0 Å². The molecule has 5 fully saturated rings. The van der Waals surface area contributed by atoms with Gasteiger partial charge >= 0.3 is 18.0 Å². The smallest absolute Gasteiger partial charge is 0.410 e. The molecule has 9 heteroatoms. The minimum atomic E-state index is -0.993. The monoisotopic (exact) mass is 544 g/mol. The fourth-order valence-electron chi connectivity index (χ4n) is 9.91. The van der Waals surface area contributed by atoms with Gasteiger partial charge in [-0.2, -0.15) is 0 Å². The van der Waals surface area contributed by atoms with Gasteiger partial charge in [-0.1, -0.05) is 13.8 Å². The Hall–Kier alpha value is -2.13. The van der Waals surface area contributed by atoms with E-state index in [0.29, 0.717) is 31.3 Å². The Balaban J connectivity index is 1.21. The maximum Gasteiger partial charge on any atom is 0.410 e. The molecule has 9 nitrogen and oxygen atoms in total. The average molecular weight is 545 g/mol. The van der Waals surface area contributed by atoms with Crippen molar-refractivity contribution in [3.8, 4) is 0 Å². The summed E-state index contributed by atoms with van der Waals surface area (Å²) in [7, 11) is 0. The fraction of sp³-hybridized carbons (Fsp3) is 0.833. The molecule has 4 aliphatic carbocycles. The second-order valence-corrected chi connectivity index (χ2v) is 13.5. The molecule has 2 heterocycles. The number of hydrogen-bond acceptors (Lipinski definition) is 8. The van der Waals surface area contributed by atoms with Crippen molar-refractivity contribution in [3.63, 3.8) is 0 Å². The molecule has 1 saturated heterocycles. The Kier molecular flexibility index (Phi) is 6.77. The van der Waals surface area contributed by atoms with Crippen LogP contribution in [0.3, 0.4) is 0 Å². The van der Waals surface area contributed by atoms with E-state index >= 15 is 0 Å². The fourth-order valence-corrected chi connectivity index (χ4v) is 9.91. The Bertz CT molecular complexity index is 1060. The van der Waals surface area contributed by atoms with Crippen molar-refractivity contribution >= 4 is 18.0 Å². The van der Waals surface area contributed by atoms with Crippen molar-refractivity contribution in [2.45, 2.75) is 89.9 Å². The van der Waals surface area contributed by atoms with Gasteiger partial charge in [0.25, 0.3) is 0 Å². The number of cyclic esters (lactones) is 1. The zero-order valence-corrected chi connectivity index (χ0v) is 23.6. The van der Waals surface area contributed by atoms with Gasteiger partial charge in [0.15, 0.2) is 0 Å². The van der Waals surface area contributed by atoms with E-state index in [4.69, 9.17) is 14.2 Å². The minimum absolute atomic E-state index is 0.0463. The molecule has 0 spiro atoms. The second-order valence-electron chi connectivity index (χ2n) is 13.5. The number of hydrogen-bond donors (Lipinski definition) is 2. The third-order valence-corrected chi connectivity index (χ3v) is 11.8. The number of aliphatic hydroxyl groups is 1. The predicted octanol–water partition coefficient (Wildman–Crippen LogP) is 3.20. The van der Waals surface area contributed by atoms with E-state index in [0.717, 1.165) is 63.6 Å². The van der Waals surface area contributed by atoms with Crippen molar-refractivity contribution in [1.82, 2.24) is 10.2 Å². The summed E-state index contributed by atoms with van der Waals surface area (Å²) < 4.78 is 17.1. The summed E-state index contributed by atoms with van der Waals surface area (Å²) in [6.45, 7) is 9.17. The molecule has 1 amide bonds. The molecule has 39 heavy (non-hydrogen) atoms. The topological polar surface area (TPSA) is 114 Å². The van der Waals surface area contributed by atoms with Gasteiger partial charge in [0.2, 0.25) is 0 Å². The lowest BCUT2D eigenvalue weighted by Gasteiger charge is -2.63. The van der Waals surface area contributed by atoms with Gasteiger partial charge in [0.1, 0.15) is 18.8 Å². The molecule has 0 unspecified atom stereocenters. The highest BCUT2D eigenvalue weighted by Crippen LogP contribution is 2.70. The second kappa shape index (κ2) is 9.75.